The Morgan fingerprint density at radius 2 is 1.79 bits per heavy atom. The van der Waals surface area contributed by atoms with Crippen LogP contribution in [0.5, 0.6) is 11.6 Å². The molecule has 1 amide bonds. The Balaban J connectivity index is 1.58. The summed E-state index contributed by atoms with van der Waals surface area (Å²) in [6, 6.07) is 21.2. The number of hydrogen-bond acceptors (Lipinski definition) is 4. The fraction of sp³-hybridized carbons (Fsp3) is 0.267. The maximum absolute atomic E-state index is 14.7. The van der Waals surface area contributed by atoms with Crippen LogP contribution in [-0.2, 0) is 17.7 Å². The number of halogens is 2. The molecule has 1 aromatic heterocycles. The Hall–Kier alpha value is -4.04. The van der Waals surface area contributed by atoms with Crippen LogP contribution in [-0.4, -0.2) is 39.8 Å². The molecule has 0 saturated carbocycles. The third kappa shape index (κ3) is 5.60. The van der Waals surface area contributed by atoms with Crippen molar-refractivity contribution in [3.8, 4) is 17.3 Å². The van der Waals surface area contributed by atoms with Crippen LogP contribution < -0.4 is 4.74 Å². The van der Waals surface area contributed by atoms with Crippen molar-refractivity contribution in [3.05, 3.63) is 107 Å². The lowest BCUT2D eigenvalue weighted by Gasteiger charge is -2.26. The molecular weight excluding hydrogens is 488 g/mol. The van der Waals surface area contributed by atoms with Crippen molar-refractivity contribution in [2.45, 2.75) is 38.8 Å². The van der Waals surface area contributed by atoms with Crippen LogP contribution in [0.2, 0.25) is 0 Å². The lowest BCUT2D eigenvalue weighted by Crippen LogP contribution is -2.37. The molecule has 0 unspecified atom stereocenters. The van der Waals surface area contributed by atoms with E-state index in [0.717, 1.165) is 18.5 Å². The van der Waals surface area contributed by atoms with Crippen LogP contribution in [0.3, 0.4) is 0 Å². The summed E-state index contributed by atoms with van der Waals surface area (Å²) in [5.74, 6) is -0.362. The normalized spacial score (nSPS) is 15.0. The molecule has 1 aliphatic rings. The molecule has 2 heterocycles. The second-order valence-electron chi connectivity index (χ2n) is 9.19. The molecule has 0 bridgehead atoms. The first-order chi connectivity index (χ1) is 18.5. The number of benzene rings is 3. The molecule has 1 fully saturated rings. The molecule has 0 radical (unpaired) electrons. The Morgan fingerprint density at radius 1 is 1.05 bits per heavy atom. The highest BCUT2D eigenvalue weighted by atomic mass is 19.1. The van der Waals surface area contributed by atoms with Crippen molar-refractivity contribution >= 4 is 5.91 Å². The van der Waals surface area contributed by atoms with E-state index >= 15 is 0 Å². The van der Waals surface area contributed by atoms with Gasteiger partial charge in [0.05, 0.1) is 35.2 Å². The van der Waals surface area contributed by atoms with Gasteiger partial charge in [0.1, 0.15) is 17.4 Å². The summed E-state index contributed by atoms with van der Waals surface area (Å²) in [4.78, 5) is 15.3. The zero-order valence-corrected chi connectivity index (χ0v) is 21.1. The largest absolute Gasteiger partial charge is 0.439 e. The number of amides is 1. The summed E-state index contributed by atoms with van der Waals surface area (Å²) < 4.78 is 42.2. The topological polar surface area (TPSA) is 56.6 Å². The summed E-state index contributed by atoms with van der Waals surface area (Å²) >= 11 is 0. The van der Waals surface area contributed by atoms with Crippen LogP contribution in [0.4, 0.5) is 8.78 Å². The van der Waals surface area contributed by atoms with Gasteiger partial charge in [-0.05, 0) is 67.8 Å². The molecule has 3 aromatic carbocycles. The highest BCUT2D eigenvalue weighted by molar-refractivity contribution is 5.94. The molecule has 196 valence electrons. The van der Waals surface area contributed by atoms with Crippen molar-refractivity contribution in [2.24, 2.45) is 0 Å². The van der Waals surface area contributed by atoms with Crippen molar-refractivity contribution in [2.75, 3.05) is 13.2 Å². The molecule has 4 aromatic rings. The van der Waals surface area contributed by atoms with Crippen molar-refractivity contribution < 1.29 is 23.0 Å². The van der Waals surface area contributed by atoms with Crippen molar-refractivity contribution in [3.63, 3.8) is 0 Å². The molecule has 38 heavy (non-hydrogen) atoms. The standard InChI is InChI=1S/C30H29F2N3O3/c1-2-28-26(20-34(19-24-11-8-18-37-24)29(36)25-12-6-7-13-27(25)32)30(38-23-9-4-3-5-10-23)35(33-28)22-16-14-21(31)15-17-22/h3-7,9-10,12-17,24H,2,8,11,18-20H2,1H3/t24-/m1/s1. The minimum Gasteiger partial charge on any atom is -0.439 e. The number of carbonyl (C=O) groups is 1. The summed E-state index contributed by atoms with van der Waals surface area (Å²) in [6.45, 7) is 3.05. The minimum atomic E-state index is -0.576. The first-order valence-corrected chi connectivity index (χ1v) is 12.8. The van der Waals surface area contributed by atoms with E-state index in [9.17, 15) is 13.6 Å². The van der Waals surface area contributed by atoms with Crippen LogP contribution in [0.1, 0.15) is 41.4 Å². The van der Waals surface area contributed by atoms with Gasteiger partial charge in [-0.15, -0.1) is 0 Å². The van der Waals surface area contributed by atoms with Gasteiger partial charge in [0.15, 0.2) is 0 Å². The second kappa shape index (κ2) is 11.6. The summed E-state index contributed by atoms with van der Waals surface area (Å²) in [7, 11) is 0. The third-order valence-electron chi connectivity index (χ3n) is 6.57. The Bertz CT molecular complexity index is 1380. The molecule has 0 spiro atoms. The summed E-state index contributed by atoms with van der Waals surface area (Å²) in [5, 5.41) is 4.79. The maximum atomic E-state index is 14.7. The third-order valence-corrected chi connectivity index (χ3v) is 6.57. The second-order valence-corrected chi connectivity index (χ2v) is 9.19. The fourth-order valence-electron chi connectivity index (χ4n) is 4.63. The molecule has 1 saturated heterocycles. The zero-order valence-electron chi connectivity index (χ0n) is 21.1. The van der Waals surface area contributed by atoms with Gasteiger partial charge in [-0.25, -0.2) is 13.5 Å². The van der Waals surface area contributed by atoms with Gasteiger partial charge < -0.3 is 14.4 Å². The first kappa shape index (κ1) is 25.6. The van der Waals surface area contributed by atoms with Crippen LogP contribution >= 0.6 is 0 Å². The van der Waals surface area contributed by atoms with Gasteiger partial charge in [-0.2, -0.15) is 5.10 Å². The quantitative estimate of drug-likeness (QED) is 0.261. The van der Waals surface area contributed by atoms with E-state index in [1.807, 2.05) is 37.3 Å². The molecular formula is C30H29F2N3O3. The smallest absolute Gasteiger partial charge is 0.257 e. The van der Waals surface area contributed by atoms with E-state index in [1.165, 1.54) is 24.3 Å². The van der Waals surface area contributed by atoms with Gasteiger partial charge in [0.25, 0.3) is 5.91 Å². The number of aromatic nitrogens is 2. The summed E-state index contributed by atoms with van der Waals surface area (Å²) in [5.41, 5.74) is 2.03. The van der Waals surface area contributed by atoms with E-state index in [2.05, 4.69) is 0 Å². The monoisotopic (exact) mass is 517 g/mol. The lowest BCUT2D eigenvalue weighted by molar-refractivity contribution is 0.0502. The molecule has 5 rings (SSSR count). The van der Waals surface area contributed by atoms with E-state index < -0.39 is 11.7 Å². The minimum absolute atomic E-state index is 0.000000401. The van der Waals surface area contributed by atoms with E-state index in [1.54, 1.807) is 33.8 Å². The highest BCUT2D eigenvalue weighted by Crippen LogP contribution is 2.33. The van der Waals surface area contributed by atoms with Gasteiger partial charge in [-0.1, -0.05) is 37.3 Å². The highest BCUT2D eigenvalue weighted by Gasteiger charge is 2.29. The summed E-state index contributed by atoms with van der Waals surface area (Å²) in [6.07, 6.45) is 2.17. The van der Waals surface area contributed by atoms with Crippen LogP contribution in [0.15, 0.2) is 78.9 Å². The number of hydrogen-bond donors (Lipinski definition) is 0. The van der Waals surface area contributed by atoms with E-state index in [4.69, 9.17) is 14.6 Å². The van der Waals surface area contributed by atoms with Crippen molar-refractivity contribution in [1.82, 2.24) is 14.7 Å². The Labute approximate surface area is 220 Å². The van der Waals surface area contributed by atoms with Crippen LogP contribution in [0, 0.1) is 11.6 Å². The molecule has 1 aliphatic heterocycles. The van der Waals surface area contributed by atoms with Gasteiger partial charge in [-0.3, -0.25) is 4.79 Å². The SMILES string of the molecule is CCc1nn(-c2ccc(F)cc2)c(Oc2ccccc2)c1CN(C[C@H]1CCCO1)C(=O)c1ccccc1F. The van der Waals surface area contributed by atoms with Crippen molar-refractivity contribution in [1.29, 1.82) is 0 Å². The number of carbonyl (C=O) groups excluding carboxylic acids is 1. The van der Waals surface area contributed by atoms with E-state index in [-0.39, 0.29) is 24.0 Å². The maximum Gasteiger partial charge on any atom is 0.257 e. The van der Waals surface area contributed by atoms with E-state index in [0.29, 0.717) is 42.5 Å². The van der Waals surface area contributed by atoms with Gasteiger partial charge in [0, 0.05) is 13.2 Å². The average molecular weight is 518 g/mol. The lowest BCUT2D eigenvalue weighted by atomic mass is 10.1. The average Bonchev–Trinajstić information content (AvgIpc) is 3.57. The zero-order chi connectivity index (χ0) is 26.5. The molecule has 0 aliphatic carbocycles. The van der Waals surface area contributed by atoms with Crippen LogP contribution in [0.25, 0.3) is 5.69 Å². The Kier molecular flexibility index (Phi) is 7.79. The van der Waals surface area contributed by atoms with Gasteiger partial charge >= 0.3 is 0 Å². The molecule has 1 atom stereocenters. The first-order valence-electron chi connectivity index (χ1n) is 12.8. The predicted octanol–water partition coefficient (Wildman–Crippen LogP) is 6.33. The number of nitrogens with zero attached hydrogens (tertiary/aromatic N) is 3. The number of rotatable bonds is 9. The Morgan fingerprint density at radius 3 is 2.47 bits per heavy atom. The predicted molar refractivity (Wildman–Crippen MR) is 140 cm³/mol. The molecule has 0 N–H and O–H groups in total. The number of ether oxygens (including phenoxy) is 2. The fourth-order valence-corrected chi connectivity index (χ4v) is 4.63. The number of para-hydroxylation sites is 1. The molecule has 6 nitrogen and oxygen atoms in total. The number of aryl methyl sites for hydroxylation is 1. The van der Waals surface area contributed by atoms with Gasteiger partial charge in [0.2, 0.25) is 5.88 Å². The molecule has 8 heteroatoms.